The van der Waals surface area contributed by atoms with Crippen LogP contribution in [0.1, 0.15) is 49.7 Å². The number of nitrogens with zero attached hydrogens (tertiary/aromatic N) is 3. The van der Waals surface area contributed by atoms with Gasteiger partial charge in [-0.1, -0.05) is 60.7 Å². The van der Waals surface area contributed by atoms with Crippen molar-refractivity contribution >= 4 is 27.6 Å². The van der Waals surface area contributed by atoms with Crippen molar-refractivity contribution in [2.45, 2.75) is 51.6 Å². The molecule has 1 amide bonds. The number of benzene rings is 4. The minimum Gasteiger partial charge on any atom is -1.00 e. The molecule has 0 atom stereocenters. The summed E-state index contributed by atoms with van der Waals surface area (Å²) < 4.78 is 2.12. The third-order valence-corrected chi connectivity index (χ3v) is 9.23. The van der Waals surface area contributed by atoms with E-state index in [0.717, 1.165) is 59.6 Å². The van der Waals surface area contributed by atoms with Crippen molar-refractivity contribution < 1.29 is 46.1 Å². The molecule has 0 aromatic heterocycles. The summed E-state index contributed by atoms with van der Waals surface area (Å²) in [5, 5.41) is 34.7. The van der Waals surface area contributed by atoms with E-state index in [9.17, 15) is 20.1 Å². The van der Waals surface area contributed by atoms with Crippen molar-refractivity contribution in [3.63, 3.8) is 0 Å². The molecule has 2 fully saturated rings. The van der Waals surface area contributed by atoms with Crippen LogP contribution in [0, 0.1) is 0 Å². The summed E-state index contributed by atoms with van der Waals surface area (Å²) >= 11 is 0. The molecule has 2 aliphatic rings. The van der Waals surface area contributed by atoms with Crippen LogP contribution in [0.2, 0.25) is 0 Å². The van der Waals surface area contributed by atoms with Gasteiger partial charge in [0.05, 0.1) is 40.3 Å². The Kier molecular flexibility index (Phi) is 13.1. The van der Waals surface area contributed by atoms with E-state index in [4.69, 9.17) is 0 Å². The Bertz CT molecular complexity index is 1440. The van der Waals surface area contributed by atoms with Gasteiger partial charge in [-0.25, -0.2) is 0 Å². The molecular formula is C37H50BrN3O4. The lowest BCUT2D eigenvalue weighted by molar-refractivity contribution is -0.926. The summed E-state index contributed by atoms with van der Waals surface area (Å²) in [7, 11) is 7.45. The van der Waals surface area contributed by atoms with E-state index in [1.54, 1.807) is 0 Å². The molecule has 45 heavy (non-hydrogen) atoms. The number of carbonyl (C=O) groups excluding carboxylic acids is 1. The quantitative estimate of drug-likeness (QED) is 0.325. The number of quaternary nitrogens is 2. The van der Waals surface area contributed by atoms with Gasteiger partial charge in [-0.3, -0.25) is 0 Å². The van der Waals surface area contributed by atoms with Gasteiger partial charge in [0.25, 0.3) is 0 Å². The van der Waals surface area contributed by atoms with Gasteiger partial charge < -0.3 is 51.0 Å². The number of amides is 1. The number of phenols is 2. The molecule has 244 valence electrons. The number of hydrogen-bond donors (Lipinski definition) is 2. The smallest absolute Gasteiger partial charge is 0.136 e. The maximum absolute atomic E-state index is 10.5. The van der Waals surface area contributed by atoms with E-state index in [0.29, 0.717) is 11.5 Å². The Morgan fingerprint density at radius 2 is 0.978 bits per heavy atom. The second-order valence-electron chi connectivity index (χ2n) is 13.3. The minimum absolute atomic E-state index is 0. The Balaban J connectivity index is 0.000000205. The second-order valence-corrected chi connectivity index (χ2v) is 13.3. The average Bonchev–Trinajstić information content (AvgIpc) is 3.01. The molecule has 0 spiro atoms. The van der Waals surface area contributed by atoms with Gasteiger partial charge in [-0.05, 0) is 61.4 Å². The number of rotatable bonds is 4. The van der Waals surface area contributed by atoms with Crippen molar-refractivity contribution in [1.29, 1.82) is 0 Å². The van der Waals surface area contributed by atoms with Crippen LogP contribution in [0.25, 0.3) is 21.5 Å². The van der Waals surface area contributed by atoms with Gasteiger partial charge in [0.2, 0.25) is 0 Å². The van der Waals surface area contributed by atoms with E-state index in [2.05, 4.69) is 50.5 Å². The minimum atomic E-state index is -1.16. The Labute approximate surface area is 279 Å². The lowest BCUT2D eigenvalue weighted by Gasteiger charge is -2.38. The predicted octanol–water partition coefficient (Wildman–Crippen LogP) is 3.25. The number of fused-ring (bicyclic) bond motifs is 2. The molecule has 0 aliphatic carbocycles. The fourth-order valence-corrected chi connectivity index (χ4v) is 6.55. The molecule has 2 heterocycles. The maximum atomic E-state index is 10.5. The van der Waals surface area contributed by atoms with Crippen molar-refractivity contribution in [1.82, 2.24) is 4.90 Å². The lowest BCUT2D eigenvalue weighted by atomic mass is 10.0. The highest BCUT2D eigenvalue weighted by molar-refractivity contribution is 5.89. The lowest BCUT2D eigenvalue weighted by Crippen LogP contribution is -3.00. The Morgan fingerprint density at radius 3 is 1.31 bits per heavy atom. The summed E-state index contributed by atoms with van der Waals surface area (Å²) in [5.41, 5.74) is 2.17. The van der Waals surface area contributed by atoms with E-state index in [1.807, 2.05) is 36.4 Å². The average molecular weight is 681 g/mol. The third-order valence-electron chi connectivity index (χ3n) is 9.23. The highest BCUT2D eigenvalue weighted by atomic mass is 79.9. The van der Waals surface area contributed by atoms with Crippen LogP contribution < -0.4 is 22.1 Å². The Hall–Kier alpha value is -3.33. The number of likely N-dealkylation sites (tertiary alicyclic amines) is 2. The Morgan fingerprint density at radius 1 is 0.644 bits per heavy atom. The molecule has 4 aromatic rings. The standard InChI is InChI=1S/2C17H21NO.C3H7NO2.BrH/c2*1-18(11-5-2-6-12-18)13-15-10-9-14-7-3-4-8-16(14)17(15)19;1-4(2)3(5)6;/h2*3-4,7-10H,2,5-6,11-13H2,1H3;1-2H3,(H,5,6);1H. The van der Waals surface area contributed by atoms with Gasteiger partial charge in [0.1, 0.15) is 30.7 Å². The van der Waals surface area contributed by atoms with Crippen LogP contribution in [0.15, 0.2) is 72.8 Å². The number of carboxylic acid groups (broad SMARTS) is 1. The zero-order chi connectivity index (χ0) is 31.7. The summed E-state index contributed by atoms with van der Waals surface area (Å²) in [6, 6.07) is 24.6. The normalized spacial score (nSPS) is 16.7. The SMILES string of the molecule is CN(C)C(=O)[O-].C[N+]1(Cc2ccc3ccccc3c2O)CCCCC1.C[N+]1(Cc2ccc3ccccc3c2O)CCCCC1.[Br-]. The second kappa shape index (κ2) is 16.3. The summed E-state index contributed by atoms with van der Waals surface area (Å²) in [6.45, 7) is 6.80. The van der Waals surface area contributed by atoms with Crippen molar-refractivity contribution in [3.8, 4) is 11.5 Å². The highest BCUT2D eigenvalue weighted by Gasteiger charge is 2.27. The van der Waals surface area contributed by atoms with Crippen LogP contribution in [0.5, 0.6) is 11.5 Å². The van der Waals surface area contributed by atoms with Gasteiger partial charge in [0.15, 0.2) is 0 Å². The van der Waals surface area contributed by atoms with Gasteiger partial charge >= 0.3 is 0 Å². The first-order valence-corrected chi connectivity index (χ1v) is 15.9. The molecular weight excluding hydrogens is 630 g/mol. The van der Waals surface area contributed by atoms with Crippen LogP contribution in [-0.4, -0.2) is 84.5 Å². The van der Waals surface area contributed by atoms with Crippen molar-refractivity contribution in [2.75, 3.05) is 54.4 Å². The van der Waals surface area contributed by atoms with Crippen LogP contribution in [-0.2, 0) is 13.1 Å². The molecule has 2 aliphatic heterocycles. The first-order valence-electron chi connectivity index (χ1n) is 15.9. The summed E-state index contributed by atoms with van der Waals surface area (Å²) in [6.07, 6.45) is 6.80. The first-order chi connectivity index (χ1) is 21.0. The van der Waals surface area contributed by atoms with Crippen molar-refractivity contribution in [3.05, 3.63) is 83.9 Å². The third kappa shape index (κ3) is 9.83. The number of piperidine rings is 2. The van der Waals surface area contributed by atoms with E-state index >= 15 is 0 Å². The summed E-state index contributed by atoms with van der Waals surface area (Å²) in [5.74, 6) is 0.950. The highest BCUT2D eigenvalue weighted by Crippen LogP contribution is 2.33. The van der Waals surface area contributed by atoms with Crippen molar-refractivity contribution in [2.24, 2.45) is 0 Å². The number of phenolic OH excluding ortho intramolecular Hbond substituents is 2. The van der Waals surface area contributed by atoms with Gasteiger partial charge in [-0.2, -0.15) is 0 Å². The zero-order valence-electron chi connectivity index (χ0n) is 27.3. The van der Waals surface area contributed by atoms with Gasteiger partial charge in [-0.15, -0.1) is 0 Å². The molecule has 6 rings (SSSR count). The monoisotopic (exact) mass is 679 g/mol. The van der Waals surface area contributed by atoms with E-state index in [-0.39, 0.29) is 17.0 Å². The van der Waals surface area contributed by atoms with Crippen LogP contribution >= 0.6 is 0 Å². The number of carbonyl (C=O) groups is 1. The molecule has 0 saturated carbocycles. The molecule has 2 N–H and O–H groups in total. The fourth-order valence-electron chi connectivity index (χ4n) is 6.55. The molecule has 8 heteroatoms. The van der Waals surface area contributed by atoms with Crippen LogP contribution in [0.4, 0.5) is 4.79 Å². The van der Waals surface area contributed by atoms with E-state index in [1.165, 1.54) is 78.8 Å². The zero-order valence-corrected chi connectivity index (χ0v) is 28.9. The number of hydrogen-bond acceptors (Lipinski definition) is 4. The molecule has 2 saturated heterocycles. The number of aromatic hydroxyl groups is 2. The molecule has 4 aromatic carbocycles. The molecule has 7 nitrogen and oxygen atoms in total. The largest absolute Gasteiger partial charge is 1.00 e. The van der Waals surface area contributed by atoms with Gasteiger partial charge in [0, 0.05) is 36.0 Å². The van der Waals surface area contributed by atoms with Crippen LogP contribution in [0.3, 0.4) is 0 Å². The summed E-state index contributed by atoms with van der Waals surface area (Å²) in [4.78, 5) is 10.5. The molecule has 0 bridgehead atoms. The molecule has 0 radical (unpaired) electrons. The first kappa shape index (κ1) is 36.1. The topological polar surface area (TPSA) is 83.8 Å². The number of halogens is 1. The predicted molar refractivity (Wildman–Crippen MR) is 177 cm³/mol. The molecule has 0 unspecified atom stereocenters. The fraction of sp³-hybridized carbons (Fsp3) is 0.432. The maximum Gasteiger partial charge on any atom is 0.136 e. The van der Waals surface area contributed by atoms with E-state index < -0.39 is 6.09 Å².